The van der Waals surface area contributed by atoms with Gasteiger partial charge in [-0.15, -0.1) is 0 Å². The topological polar surface area (TPSA) is 9.23 Å². The Morgan fingerprint density at radius 3 is 2.60 bits per heavy atom. The second-order valence-corrected chi connectivity index (χ2v) is 3.60. The minimum atomic E-state index is 0.719. The lowest BCUT2D eigenvalue weighted by Crippen LogP contribution is -1.94. The minimum Gasteiger partial charge on any atom is -0.493 e. The summed E-state index contributed by atoms with van der Waals surface area (Å²) in [6.07, 6.45) is 1.05. The van der Waals surface area contributed by atoms with Crippen molar-refractivity contribution in [2.45, 2.75) is 20.3 Å². The Kier molecular flexibility index (Phi) is 2.91. The summed E-state index contributed by atoms with van der Waals surface area (Å²) in [4.78, 5) is 0. The normalized spacial score (nSPS) is 10.5. The highest BCUT2D eigenvalue weighted by molar-refractivity contribution is 5.89. The molecular weight excluding hydrogens is 184 g/mol. The molecule has 0 aliphatic heterocycles. The molecule has 0 aliphatic carbocycles. The van der Waals surface area contributed by atoms with Gasteiger partial charge in [-0.2, -0.15) is 0 Å². The monoisotopic (exact) mass is 200 g/mol. The van der Waals surface area contributed by atoms with Crippen LogP contribution in [0.3, 0.4) is 0 Å². The van der Waals surface area contributed by atoms with E-state index in [1.54, 1.807) is 0 Å². The van der Waals surface area contributed by atoms with Gasteiger partial charge in [-0.05, 0) is 30.4 Å². The van der Waals surface area contributed by atoms with Crippen LogP contribution in [0.4, 0.5) is 0 Å². The fourth-order valence-electron chi connectivity index (χ4n) is 1.81. The number of fused-ring (bicyclic) bond motifs is 1. The molecule has 0 bridgehead atoms. The number of benzene rings is 2. The average molecular weight is 200 g/mol. The molecule has 0 fully saturated rings. The van der Waals surface area contributed by atoms with Crippen molar-refractivity contribution < 1.29 is 4.74 Å². The van der Waals surface area contributed by atoms with Gasteiger partial charge in [-0.3, -0.25) is 0 Å². The summed E-state index contributed by atoms with van der Waals surface area (Å²) in [5.41, 5.74) is 1.33. The summed E-state index contributed by atoms with van der Waals surface area (Å²) < 4.78 is 5.66. The number of hydrogen-bond acceptors (Lipinski definition) is 1. The summed E-state index contributed by atoms with van der Waals surface area (Å²) in [6.45, 7) is 4.91. The molecule has 78 valence electrons. The van der Waals surface area contributed by atoms with E-state index in [-0.39, 0.29) is 0 Å². The fraction of sp³-hybridized carbons (Fsp3) is 0.286. The van der Waals surface area contributed by atoms with Gasteiger partial charge in [-0.25, -0.2) is 0 Å². The highest BCUT2D eigenvalue weighted by Crippen LogP contribution is 2.27. The number of ether oxygens (including phenoxy) is 1. The van der Waals surface area contributed by atoms with Crippen LogP contribution in [-0.4, -0.2) is 6.61 Å². The fourth-order valence-corrected chi connectivity index (χ4v) is 1.81. The van der Waals surface area contributed by atoms with Gasteiger partial charge in [0.2, 0.25) is 0 Å². The lowest BCUT2D eigenvalue weighted by atomic mass is 10.0. The second-order valence-electron chi connectivity index (χ2n) is 3.60. The third-order valence-corrected chi connectivity index (χ3v) is 2.59. The molecule has 0 amide bonds. The van der Waals surface area contributed by atoms with Crippen LogP contribution in [-0.2, 0) is 6.42 Å². The Morgan fingerprint density at radius 1 is 1.07 bits per heavy atom. The molecule has 1 nitrogen and oxygen atoms in total. The summed E-state index contributed by atoms with van der Waals surface area (Å²) in [5.74, 6) is 1.01. The average Bonchev–Trinajstić information content (AvgIpc) is 2.29. The first-order chi connectivity index (χ1) is 7.35. The molecule has 0 spiro atoms. The van der Waals surface area contributed by atoms with E-state index in [0.29, 0.717) is 0 Å². The van der Waals surface area contributed by atoms with Crippen LogP contribution >= 0.6 is 0 Å². The predicted octanol–water partition coefficient (Wildman–Crippen LogP) is 3.80. The van der Waals surface area contributed by atoms with Crippen molar-refractivity contribution in [3.8, 4) is 5.75 Å². The predicted molar refractivity (Wildman–Crippen MR) is 64.5 cm³/mol. The highest BCUT2D eigenvalue weighted by atomic mass is 16.5. The number of rotatable bonds is 3. The van der Waals surface area contributed by atoms with E-state index >= 15 is 0 Å². The number of aryl methyl sites for hydroxylation is 1. The van der Waals surface area contributed by atoms with Crippen LogP contribution in [0, 0.1) is 0 Å². The molecule has 2 aromatic rings. The summed E-state index contributed by atoms with van der Waals surface area (Å²) in [5, 5.41) is 2.47. The molecule has 0 radical (unpaired) electrons. The van der Waals surface area contributed by atoms with Crippen LogP contribution in [0.1, 0.15) is 19.4 Å². The molecule has 0 heterocycles. The van der Waals surface area contributed by atoms with E-state index in [2.05, 4.69) is 43.3 Å². The Labute approximate surface area is 90.7 Å². The molecule has 2 aromatic carbocycles. The maximum atomic E-state index is 5.66. The molecule has 15 heavy (non-hydrogen) atoms. The van der Waals surface area contributed by atoms with Crippen LogP contribution in [0.2, 0.25) is 0 Å². The quantitative estimate of drug-likeness (QED) is 0.732. The van der Waals surface area contributed by atoms with E-state index < -0.39 is 0 Å². The van der Waals surface area contributed by atoms with Crippen molar-refractivity contribution in [2.24, 2.45) is 0 Å². The van der Waals surface area contributed by atoms with Gasteiger partial charge in [-0.1, -0.05) is 37.3 Å². The molecule has 0 N–H and O–H groups in total. The van der Waals surface area contributed by atoms with Crippen LogP contribution in [0.15, 0.2) is 36.4 Å². The smallest absolute Gasteiger partial charge is 0.127 e. The van der Waals surface area contributed by atoms with E-state index in [1.165, 1.54) is 16.3 Å². The lowest BCUT2D eigenvalue weighted by molar-refractivity contribution is 0.344. The van der Waals surface area contributed by atoms with Crippen LogP contribution in [0.25, 0.3) is 10.8 Å². The summed E-state index contributed by atoms with van der Waals surface area (Å²) in [7, 11) is 0. The first-order valence-electron chi connectivity index (χ1n) is 5.49. The van der Waals surface area contributed by atoms with Gasteiger partial charge in [0, 0.05) is 5.39 Å². The lowest BCUT2D eigenvalue weighted by Gasteiger charge is -2.09. The minimum absolute atomic E-state index is 0.719. The first kappa shape index (κ1) is 10.0. The summed E-state index contributed by atoms with van der Waals surface area (Å²) >= 11 is 0. The maximum Gasteiger partial charge on any atom is 0.127 e. The molecule has 0 aromatic heterocycles. The maximum absolute atomic E-state index is 5.66. The van der Waals surface area contributed by atoms with E-state index in [1.807, 2.05) is 6.92 Å². The van der Waals surface area contributed by atoms with E-state index in [0.717, 1.165) is 18.8 Å². The summed E-state index contributed by atoms with van der Waals surface area (Å²) in [6, 6.07) is 12.7. The first-order valence-corrected chi connectivity index (χ1v) is 5.49. The Bertz CT molecular complexity index is 460. The number of hydrogen-bond donors (Lipinski definition) is 0. The third-order valence-electron chi connectivity index (χ3n) is 2.59. The molecular formula is C14H16O. The molecule has 0 saturated carbocycles. The van der Waals surface area contributed by atoms with Gasteiger partial charge < -0.3 is 4.74 Å². The standard InChI is InChI=1S/C14H16O/c1-3-11-9-12-7-5-6-8-13(12)14(10-11)15-4-2/h5-10H,3-4H2,1-2H3. The van der Waals surface area contributed by atoms with Gasteiger partial charge in [0.15, 0.2) is 0 Å². The second kappa shape index (κ2) is 4.35. The molecule has 0 saturated heterocycles. The Hall–Kier alpha value is -1.50. The van der Waals surface area contributed by atoms with Crippen molar-refractivity contribution in [3.63, 3.8) is 0 Å². The molecule has 2 rings (SSSR count). The third kappa shape index (κ3) is 1.96. The molecule has 0 atom stereocenters. The Balaban J connectivity index is 2.63. The molecule has 1 heteroatoms. The molecule has 0 aliphatic rings. The van der Waals surface area contributed by atoms with Crippen molar-refractivity contribution in [3.05, 3.63) is 42.0 Å². The zero-order valence-corrected chi connectivity index (χ0v) is 9.29. The van der Waals surface area contributed by atoms with Crippen molar-refractivity contribution in [1.82, 2.24) is 0 Å². The van der Waals surface area contributed by atoms with Gasteiger partial charge in [0.25, 0.3) is 0 Å². The van der Waals surface area contributed by atoms with Crippen molar-refractivity contribution in [1.29, 1.82) is 0 Å². The van der Waals surface area contributed by atoms with Gasteiger partial charge in [0.1, 0.15) is 5.75 Å². The Morgan fingerprint density at radius 2 is 1.87 bits per heavy atom. The highest BCUT2D eigenvalue weighted by Gasteiger charge is 2.03. The molecule has 0 unspecified atom stereocenters. The SMILES string of the molecule is CCOc1cc(CC)cc2ccccc12. The van der Waals surface area contributed by atoms with E-state index in [4.69, 9.17) is 4.74 Å². The van der Waals surface area contributed by atoms with Gasteiger partial charge >= 0.3 is 0 Å². The van der Waals surface area contributed by atoms with Crippen LogP contribution in [0.5, 0.6) is 5.75 Å². The van der Waals surface area contributed by atoms with Crippen LogP contribution < -0.4 is 4.74 Å². The van der Waals surface area contributed by atoms with Crippen molar-refractivity contribution >= 4 is 10.8 Å². The van der Waals surface area contributed by atoms with Gasteiger partial charge in [0.05, 0.1) is 6.61 Å². The largest absolute Gasteiger partial charge is 0.493 e. The van der Waals surface area contributed by atoms with Crippen molar-refractivity contribution in [2.75, 3.05) is 6.61 Å². The zero-order valence-electron chi connectivity index (χ0n) is 9.29. The van der Waals surface area contributed by atoms with E-state index in [9.17, 15) is 0 Å². The zero-order chi connectivity index (χ0) is 10.7.